The molecule has 3 nitrogen and oxygen atoms in total. The molecule has 1 aliphatic heterocycles. The van der Waals surface area contributed by atoms with Gasteiger partial charge in [0, 0.05) is 6.42 Å². The minimum Gasteiger partial charge on any atom is -0.497 e. The van der Waals surface area contributed by atoms with Gasteiger partial charge in [0.05, 0.1) is 22.7 Å². The molecular formula is C12H14Br2O3. The second kappa shape index (κ2) is 6.07. The van der Waals surface area contributed by atoms with E-state index in [2.05, 4.69) is 31.9 Å². The average molecular weight is 366 g/mol. The third-order valence-electron chi connectivity index (χ3n) is 2.59. The van der Waals surface area contributed by atoms with E-state index in [0.29, 0.717) is 0 Å². The molecule has 1 aromatic carbocycles. The lowest BCUT2D eigenvalue weighted by atomic mass is 10.2. The fourth-order valence-electron chi connectivity index (χ4n) is 1.70. The number of hydrogen-bond acceptors (Lipinski definition) is 3. The first kappa shape index (κ1) is 13.2. The zero-order valence-corrected chi connectivity index (χ0v) is 12.7. The van der Waals surface area contributed by atoms with Gasteiger partial charge in [0.25, 0.3) is 0 Å². The summed E-state index contributed by atoms with van der Waals surface area (Å²) < 4.78 is 18.3. The Morgan fingerprint density at radius 3 is 2.47 bits per heavy atom. The van der Waals surface area contributed by atoms with Gasteiger partial charge in [-0.05, 0) is 56.8 Å². The van der Waals surface area contributed by atoms with Crippen molar-refractivity contribution in [2.75, 3.05) is 13.7 Å². The Balaban J connectivity index is 2.14. The summed E-state index contributed by atoms with van der Waals surface area (Å²) in [4.78, 5) is 0. The summed E-state index contributed by atoms with van der Waals surface area (Å²) in [7, 11) is 1.64. The predicted octanol–water partition coefficient (Wildman–Crippen LogP) is 4.13. The van der Waals surface area contributed by atoms with Crippen LogP contribution in [0.2, 0.25) is 0 Å². The van der Waals surface area contributed by atoms with Crippen LogP contribution in [0.5, 0.6) is 11.5 Å². The van der Waals surface area contributed by atoms with Crippen molar-refractivity contribution in [3.8, 4) is 11.5 Å². The van der Waals surface area contributed by atoms with Gasteiger partial charge in [0.2, 0.25) is 0 Å². The van der Waals surface area contributed by atoms with Crippen LogP contribution in [-0.4, -0.2) is 20.0 Å². The van der Waals surface area contributed by atoms with Crippen LogP contribution in [0, 0.1) is 0 Å². The van der Waals surface area contributed by atoms with Crippen molar-refractivity contribution in [2.24, 2.45) is 0 Å². The van der Waals surface area contributed by atoms with Crippen LogP contribution in [0.3, 0.4) is 0 Å². The molecule has 0 aromatic heterocycles. The summed E-state index contributed by atoms with van der Waals surface area (Å²) in [6.07, 6.45) is 3.05. The maximum Gasteiger partial charge on any atom is 0.199 e. The third-order valence-corrected chi connectivity index (χ3v) is 3.77. The van der Waals surface area contributed by atoms with Gasteiger partial charge in [-0.3, -0.25) is 0 Å². The molecule has 0 unspecified atom stereocenters. The molecule has 17 heavy (non-hydrogen) atoms. The van der Waals surface area contributed by atoms with Crippen molar-refractivity contribution < 1.29 is 14.2 Å². The van der Waals surface area contributed by atoms with E-state index in [0.717, 1.165) is 46.3 Å². The van der Waals surface area contributed by atoms with Crippen molar-refractivity contribution in [3.05, 3.63) is 21.1 Å². The van der Waals surface area contributed by atoms with E-state index in [1.54, 1.807) is 7.11 Å². The molecule has 0 radical (unpaired) electrons. The molecule has 1 heterocycles. The number of hydrogen-bond donors (Lipinski definition) is 0. The molecule has 0 N–H and O–H groups in total. The Bertz CT molecular complexity index is 366. The Morgan fingerprint density at radius 1 is 1.24 bits per heavy atom. The summed E-state index contributed by atoms with van der Waals surface area (Å²) in [6, 6.07) is 3.76. The largest absolute Gasteiger partial charge is 0.497 e. The monoisotopic (exact) mass is 364 g/mol. The molecule has 0 amide bonds. The van der Waals surface area contributed by atoms with Crippen molar-refractivity contribution in [3.63, 3.8) is 0 Å². The second-order valence-corrected chi connectivity index (χ2v) is 5.54. The highest BCUT2D eigenvalue weighted by Crippen LogP contribution is 2.38. The van der Waals surface area contributed by atoms with Crippen LogP contribution in [0.1, 0.15) is 19.3 Å². The zero-order chi connectivity index (χ0) is 12.3. The minimum atomic E-state index is -0.148. The molecule has 1 aliphatic rings. The third kappa shape index (κ3) is 3.36. The number of halogens is 2. The van der Waals surface area contributed by atoms with Gasteiger partial charge in [0.1, 0.15) is 5.75 Å². The minimum absolute atomic E-state index is 0.148. The lowest BCUT2D eigenvalue weighted by Gasteiger charge is -2.24. The van der Waals surface area contributed by atoms with Gasteiger partial charge in [-0.1, -0.05) is 0 Å². The van der Waals surface area contributed by atoms with Gasteiger partial charge in [0.15, 0.2) is 12.0 Å². The smallest absolute Gasteiger partial charge is 0.199 e. The van der Waals surface area contributed by atoms with Gasteiger partial charge in [-0.25, -0.2) is 0 Å². The highest BCUT2D eigenvalue weighted by molar-refractivity contribution is 9.11. The van der Waals surface area contributed by atoms with E-state index in [9.17, 15) is 0 Å². The van der Waals surface area contributed by atoms with Gasteiger partial charge in [-0.2, -0.15) is 0 Å². The van der Waals surface area contributed by atoms with E-state index >= 15 is 0 Å². The maximum absolute atomic E-state index is 5.84. The quantitative estimate of drug-likeness (QED) is 0.806. The molecule has 1 fully saturated rings. The first-order chi connectivity index (χ1) is 8.20. The Morgan fingerprint density at radius 2 is 1.94 bits per heavy atom. The van der Waals surface area contributed by atoms with Crippen LogP contribution < -0.4 is 9.47 Å². The van der Waals surface area contributed by atoms with Crippen molar-refractivity contribution in [1.82, 2.24) is 0 Å². The second-order valence-electron chi connectivity index (χ2n) is 3.83. The molecule has 0 saturated carbocycles. The van der Waals surface area contributed by atoms with E-state index in [1.165, 1.54) is 0 Å². The van der Waals surface area contributed by atoms with E-state index in [1.807, 2.05) is 12.1 Å². The highest BCUT2D eigenvalue weighted by atomic mass is 79.9. The summed E-state index contributed by atoms with van der Waals surface area (Å²) >= 11 is 6.95. The number of methoxy groups -OCH3 is 1. The molecule has 5 heteroatoms. The molecule has 1 saturated heterocycles. The number of rotatable bonds is 3. The molecular weight excluding hydrogens is 352 g/mol. The van der Waals surface area contributed by atoms with Crippen molar-refractivity contribution in [1.29, 1.82) is 0 Å². The summed E-state index contributed by atoms with van der Waals surface area (Å²) in [5.74, 6) is 1.54. The number of ether oxygens (including phenoxy) is 3. The molecule has 0 bridgehead atoms. The summed E-state index contributed by atoms with van der Waals surface area (Å²) in [5, 5.41) is 0. The Labute approximate surface area is 118 Å². The fraction of sp³-hybridized carbons (Fsp3) is 0.500. The van der Waals surface area contributed by atoms with Gasteiger partial charge in [-0.15, -0.1) is 0 Å². The predicted molar refractivity (Wildman–Crippen MR) is 72.6 cm³/mol. The lowest BCUT2D eigenvalue weighted by Crippen LogP contribution is -2.25. The molecule has 0 spiro atoms. The SMILES string of the molecule is COc1cc(Br)c(O[C@@H]2CCCCO2)c(Br)c1. The molecule has 2 rings (SSSR count). The standard InChI is InChI=1S/C12H14Br2O3/c1-15-8-6-9(13)12(10(14)7-8)17-11-4-2-3-5-16-11/h6-7,11H,2-5H2,1H3/t11-/m1/s1. The fourth-order valence-corrected chi connectivity index (χ4v) is 3.03. The van der Waals surface area contributed by atoms with Crippen LogP contribution >= 0.6 is 31.9 Å². The first-order valence-corrected chi connectivity index (χ1v) is 7.10. The van der Waals surface area contributed by atoms with Crippen LogP contribution in [0.15, 0.2) is 21.1 Å². The lowest BCUT2D eigenvalue weighted by molar-refractivity contribution is -0.106. The van der Waals surface area contributed by atoms with E-state index in [-0.39, 0.29) is 6.29 Å². The van der Waals surface area contributed by atoms with Crippen molar-refractivity contribution in [2.45, 2.75) is 25.6 Å². The van der Waals surface area contributed by atoms with E-state index in [4.69, 9.17) is 14.2 Å². The Hall–Kier alpha value is -0.260. The summed E-state index contributed by atoms with van der Waals surface area (Å²) in [6.45, 7) is 0.774. The Kier molecular flexibility index (Phi) is 4.70. The molecule has 1 aromatic rings. The van der Waals surface area contributed by atoms with Gasteiger partial charge >= 0.3 is 0 Å². The maximum atomic E-state index is 5.84. The van der Waals surface area contributed by atoms with E-state index < -0.39 is 0 Å². The summed E-state index contributed by atoms with van der Waals surface area (Å²) in [5.41, 5.74) is 0. The molecule has 0 aliphatic carbocycles. The topological polar surface area (TPSA) is 27.7 Å². The normalized spacial score (nSPS) is 20.1. The zero-order valence-electron chi connectivity index (χ0n) is 9.54. The van der Waals surface area contributed by atoms with Crippen molar-refractivity contribution >= 4 is 31.9 Å². The first-order valence-electron chi connectivity index (χ1n) is 5.52. The number of benzene rings is 1. The van der Waals surface area contributed by atoms with Crippen LogP contribution in [0.4, 0.5) is 0 Å². The highest BCUT2D eigenvalue weighted by Gasteiger charge is 2.18. The van der Waals surface area contributed by atoms with Gasteiger partial charge < -0.3 is 14.2 Å². The van der Waals surface area contributed by atoms with Crippen LogP contribution in [0.25, 0.3) is 0 Å². The average Bonchev–Trinajstić information content (AvgIpc) is 2.35. The molecule has 1 atom stereocenters. The van der Waals surface area contributed by atoms with Crippen LogP contribution in [-0.2, 0) is 4.74 Å². The molecule has 94 valence electrons.